The lowest BCUT2D eigenvalue weighted by Gasteiger charge is -2.48. The van der Waals surface area contributed by atoms with E-state index in [1.165, 1.54) is 0 Å². The Kier molecular flexibility index (Phi) is 4.53. The molecular weight excluding hydrogens is 370 g/mol. The first-order valence-electron chi connectivity index (χ1n) is 10.7. The summed E-state index contributed by atoms with van der Waals surface area (Å²) in [4.78, 5) is 35.1. The molecule has 2 aromatic heterocycles. The van der Waals surface area contributed by atoms with Crippen LogP contribution in [0.1, 0.15) is 61.9 Å². The van der Waals surface area contributed by atoms with E-state index in [1.54, 1.807) is 33.9 Å². The SMILES string of the molecule is O=C(c1cc2ncccn2n1)N1CCCC12CCCN(C1CCC(O)CC1)C2=O. The second-order valence-corrected chi connectivity index (χ2v) is 8.61. The molecule has 5 rings (SSSR count). The number of hydrogen-bond acceptors (Lipinski definition) is 5. The Labute approximate surface area is 169 Å². The molecule has 2 aliphatic heterocycles. The normalized spacial score (nSPS) is 30.4. The number of aliphatic hydroxyl groups is 1. The quantitative estimate of drug-likeness (QED) is 0.832. The number of piperidine rings is 1. The van der Waals surface area contributed by atoms with Crippen LogP contribution in [-0.4, -0.2) is 72.1 Å². The van der Waals surface area contributed by atoms with Gasteiger partial charge in [-0.25, -0.2) is 9.50 Å². The molecular formula is C21H27N5O3. The summed E-state index contributed by atoms with van der Waals surface area (Å²) in [5.41, 5.74) is 0.228. The second-order valence-electron chi connectivity index (χ2n) is 8.61. The summed E-state index contributed by atoms with van der Waals surface area (Å²) in [6.07, 6.45) is 9.55. The molecule has 3 aliphatic rings. The molecule has 8 heteroatoms. The standard InChI is InChI=1S/C21H27N5O3/c27-16-6-4-15(5-7-16)24-11-1-8-21(20(24)29)9-2-12-25(21)19(28)17-14-18-22-10-3-13-26(18)23-17/h3,10,13-16,27H,1-2,4-9,11-12H2. The predicted octanol–water partition coefficient (Wildman–Crippen LogP) is 1.63. The molecule has 2 saturated heterocycles. The minimum absolute atomic E-state index is 0.0953. The Morgan fingerprint density at radius 1 is 1.14 bits per heavy atom. The molecule has 1 unspecified atom stereocenters. The summed E-state index contributed by atoms with van der Waals surface area (Å²) in [5, 5.41) is 14.2. The zero-order chi connectivity index (χ0) is 20.0. The molecule has 0 bridgehead atoms. The Bertz CT molecular complexity index is 902. The molecule has 29 heavy (non-hydrogen) atoms. The molecule has 8 nitrogen and oxygen atoms in total. The third-order valence-electron chi connectivity index (χ3n) is 6.94. The number of rotatable bonds is 2. The van der Waals surface area contributed by atoms with Crippen LogP contribution in [0, 0.1) is 0 Å². The van der Waals surface area contributed by atoms with Crippen LogP contribution in [0.4, 0.5) is 0 Å². The smallest absolute Gasteiger partial charge is 0.275 e. The summed E-state index contributed by atoms with van der Waals surface area (Å²) in [6.45, 7) is 1.34. The van der Waals surface area contributed by atoms with Crippen molar-refractivity contribution >= 4 is 17.5 Å². The van der Waals surface area contributed by atoms with E-state index in [1.807, 2.05) is 4.90 Å². The van der Waals surface area contributed by atoms with Crippen LogP contribution in [0.25, 0.3) is 5.65 Å². The Balaban J connectivity index is 1.42. The zero-order valence-corrected chi connectivity index (χ0v) is 16.5. The highest BCUT2D eigenvalue weighted by molar-refractivity contribution is 5.99. The minimum Gasteiger partial charge on any atom is -0.393 e. The number of amides is 2. The number of hydrogen-bond donors (Lipinski definition) is 1. The highest BCUT2D eigenvalue weighted by Gasteiger charge is 2.54. The molecule has 1 spiro atoms. The van der Waals surface area contributed by atoms with Crippen LogP contribution in [0.2, 0.25) is 0 Å². The molecule has 2 amide bonds. The fourth-order valence-corrected chi connectivity index (χ4v) is 5.47. The Morgan fingerprint density at radius 2 is 1.90 bits per heavy atom. The van der Waals surface area contributed by atoms with Crippen molar-refractivity contribution in [2.75, 3.05) is 13.1 Å². The summed E-state index contributed by atoms with van der Waals surface area (Å²) in [7, 11) is 0. The number of nitrogens with zero attached hydrogens (tertiary/aromatic N) is 5. The first-order valence-corrected chi connectivity index (χ1v) is 10.7. The third-order valence-corrected chi connectivity index (χ3v) is 6.94. The van der Waals surface area contributed by atoms with Crippen LogP contribution in [-0.2, 0) is 4.79 Å². The van der Waals surface area contributed by atoms with Crippen molar-refractivity contribution in [1.29, 1.82) is 0 Å². The van der Waals surface area contributed by atoms with E-state index < -0.39 is 5.54 Å². The van der Waals surface area contributed by atoms with E-state index in [4.69, 9.17) is 0 Å². The van der Waals surface area contributed by atoms with Gasteiger partial charge in [0, 0.05) is 37.6 Å². The van der Waals surface area contributed by atoms with Crippen molar-refractivity contribution < 1.29 is 14.7 Å². The average Bonchev–Trinajstić information content (AvgIpc) is 3.35. The van der Waals surface area contributed by atoms with Gasteiger partial charge in [0.05, 0.1) is 6.10 Å². The fraction of sp³-hybridized carbons (Fsp3) is 0.619. The minimum atomic E-state index is -0.741. The van der Waals surface area contributed by atoms with E-state index in [9.17, 15) is 14.7 Å². The lowest BCUT2D eigenvalue weighted by atomic mass is 9.82. The van der Waals surface area contributed by atoms with Crippen LogP contribution < -0.4 is 0 Å². The topological polar surface area (TPSA) is 91.0 Å². The van der Waals surface area contributed by atoms with Gasteiger partial charge >= 0.3 is 0 Å². The van der Waals surface area contributed by atoms with Gasteiger partial charge in [0.2, 0.25) is 5.91 Å². The molecule has 1 aliphatic carbocycles. The summed E-state index contributed by atoms with van der Waals surface area (Å²) < 4.78 is 1.60. The number of aromatic nitrogens is 3. The van der Waals surface area contributed by atoms with Crippen molar-refractivity contribution in [1.82, 2.24) is 24.4 Å². The lowest BCUT2D eigenvalue weighted by molar-refractivity contribution is -0.149. The van der Waals surface area contributed by atoms with Crippen LogP contribution >= 0.6 is 0 Å². The Morgan fingerprint density at radius 3 is 2.66 bits per heavy atom. The number of carbonyl (C=O) groups excluding carboxylic acids is 2. The number of likely N-dealkylation sites (tertiary alicyclic amines) is 2. The molecule has 1 saturated carbocycles. The van der Waals surface area contributed by atoms with Gasteiger partial charge in [0.25, 0.3) is 5.91 Å². The maximum Gasteiger partial charge on any atom is 0.275 e. The zero-order valence-electron chi connectivity index (χ0n) is 16.5. The largest absolute Gasteiger partial charge is 0.393 e. The van der Waals surface area contributed by atoms with E-state index in [0.29, 0.717) is 17.9 Å². The van der Waals surface area contributed by atoms with Crippen molar-refractivity contribution in [2.45, 2.75) is 69.1 Å². The predicted molar refractivity (Wildman–Crippen MR) is 105 cm³/mol. The average molecular weight is 397 g/mol. The van der Waals surface area contributed by atoms with E-state index in [-0.39, 0.29) is 24.0 Å². The molecule has 3 fully saturated rings. The molecule has 1 N–H and O–H groups in total. The van der Waals surface area contributed by atoms with Gasteiger partial charge < -0.3 is 14.9 Å². The van der Waals surface area contributed by atoms with Crippen molar-refractivity contribution in [3.8, 4) is 0 Å². The lowest BCUT2D eigenvalue weighted by Crippen LogP contribution is -2.63. The van der Waals surface area contributed by atoms with Gasteiger partial charge in [-0.3, -0.25) is 9.59 Å². The monoisotopic (exact) mass is 397 g/mol. The highest BCUT2D eigenvalue weighted by Crippen LogP contribution is 2.41. The fourth-order valence-electron chi connectivity index (χ4n) is 5.47. The molecule has 0 aromatic carbocycles. The maximum absolute atomic E-state index is 13.7. The first-order chi connectivity index (χ1) is 14.1. The van der Waals surface area contributed by atoms with Gasteiger partial charge in [-0.2, -0.15) is 5.10 Å². The molecule has 0 radical (unpaired) electrons. The summed E-state index contributed by atoms with van der Waals surface area (Å²) in [6, 6.07) is 3.65. The van der Waals surface area contributed by atoms with Crippen LogP contribution in [0.3, 0.4) is 0 Å². The summed E-state index contributed by atoms with van der Waals surface area (Å²) in [5.74, 6) is -0.0832. The second kappa shape index (κ2) is 7.09. The van der Waals surface area contributed by atoms with Gasteiger partial charge in [-0.1, -0.05) is 0 Å². The molecule has 154 valence electrons. The summed E-state index contributed by atoms with van der Waals surface area (Å²) >= 11 is 0. The van der Waals surface area contributed by atoms with Crippen LogP contribution in [0.5, 0.6) is 0 Å². The highest BCUT2D eigenvalue weighted by atomic mass is 16.3. The van der Waals surface area contributed by atoms with E-state index in [0.717, 1.165) is 57.9 Å². The van der Waals surface area contributed by atoms with E-state index in [2.05, 4.69) is 10.1 Å². The molecule has 4 heterocycles. The maximum atomic E-state index is 13.7. The van der Waals surface area contributed by atoms with Gasteiger partial charge in [-0.05, 0) is 57.4 Å². The van der Waals surface area contributed by atoms with Gasteiger partial charge in [-0.15, -0.1) is 0 Å². The number of fused-ring (bicyclic) bond motifs is 1. The van der Waals surface area contributed by atoms with Crippen LogP contribution in [0.15, 0.2) is 24.5 Å². The van der Waals surface area contributed by atoms with E-state index >= 15 is 0 Å². The Hall–Kier alpha value is -2.48. The van der Waals surface area contributed by atoms with Crippen molar-refractivity contribution in [2.24, 2.45) is 0 Å². The molecule has 2 aromatic rings. The third kappa shape index (κ3) is 3.01. The molecule has 1 atom stereocenters. The number of carbonyl (C=O) groups is 2. The van der Waals surface area contributed by atoms with Gasteiger partial charge in [0.15, 0.2) is 11.3 Å². The van der Waals surface area contributed by atoms with Crippen molar-refractivity contribution in [3.05, 3.63) is 30.2 Å². The number of aliphatic hydroxyl groups excluding tert-OH is 1. The van der Waals surface area contributed by atoms with Gasteiger partial charge in [0.1, 0.15) is 5.54 Å². The first kappa shape index (κ1) is 18.5. The van der Waals surface area contributed by atoms with Crippen molar-refractivity contribution in [3.63, 3.8) is 0 Å².